The van der Waals surface area contributed by atoms with Gasteiger partial charge in [0, 0.05) is 5.56 Å². The van der Waals surface area contributed by atoms with Crippen LogP contribution in [0.4, 0.5) is 0 Å². The van der Waals surface area contributed by atoms with Gasteiger partial charge in [-0.15, -0.1) is 0 Å². The highest BCUT2D eigenvalue weighted by atomic mass is 32.2. The molecule has 2 aromatic carbocycles. The molecule has 1 aliphatic heterocycles. The summed E-state index contributed by atoms with van der Waals surface area (Å²) in [6.45, 7) is 0.400. The van der Waals surface area contributed by atoms with Gasteiger partial charge in [-0.2, -0.15) is 4.99 Å². The van der Waals surface area contributed by atoms with Crippen LogP contribution in [-0.2, 0) is 11.4 Å². The first-order chi connectivity index (χ1) is 11.7. The molecule has 1 amide bonds. The van der Waals surface area contributed by atoms with Crippen LogP contribution < -0.4 is 15.2 Å². The monoisotopic (exact) mass is 340 g/mol. The molecule has 0 fully saturated rings. The van der Waals surface area contributed by atoms with Crippen LogP contribution in [0.2, 0.25) is 0 Å². The molecular formula is C18H16N2O3S. The van der Waals surface area contributed by atoms with Crippen molar-refractivity contribution in [3.8, 4) is 11.5 Å². The van der Waals surface area contributed by atoms with Crippen molar-refractivity contribution in [1.29, 1.82) is 0 Å². The molecule has 1 heterocycles. The number of carbonyl (C=O) groups is 1. The first-order valence-electron chi connectivity index (χ1n) is 7.29. The normalized spacial score (nSPS) is 15.5. The molecule has 122 valence electrons. The lowest BCUT2D eigenvalue weighted by Crippen LogP contribution is -2.01. The van der Waals surface area contributed by atoms with Gasteiger partial charge < -0.3 is 15.2 Å². The van der Waals surface area contributed by atoms with Crippen molar-refractivity contribution in [1.82, 2.24) is 0 Å². The first kappa shape index (κ1) is 16.1. The third-order valence-corrected chi connectivity index (χ3v) is 4.19. The van der Waals surface area contributed by atoms with E-state index in [-0.39, 0.29) is 11.1 Å². The van der Waals surface area contributed by atoms with E-state index in [1.54, 1.807) is 13.2 Å². The number of nitrogens with two attached hydrogens (primary N) is 1. The Hall–Kier alpha value is -2.73. The molecule has 0 saturated heterocycles. The standard InChI is InChI=1S/C18H16N2O3S/c1-22-14-9-5-8-13(10-15-17(21)20-18(19)24-15)16(14)23-11-12-6-3-2-4-7-12/h2-10H,11H2,1H3,(H2,19,20,21)/b15-10-. The molecule has 0 atom stereocenters. The number of benzene rings is 2. The smallest absolute Gasteiger partial charge is 0.286 e. The Morgan fingerprint density at radius 1 is 1.17 bits per heavy atom. The lowest BCUT2D eigenvalue weighted by Gasteiger charge is -2.13. The molecule has 0 aliphatic carbocycles. The summed E-state index contributed by atoms with van der Waals surface area (Å²) < 4.78 is 11.3. The van der Waals surface area contributed by atoms with Crippen LogP contribution in [0.1, 0.15) is 11.1 Å². The van der Waals surface area contributed by atoms with E-state index in [2.05, 4.69) is 4.99 Å². The number of hydrogen-bond donors (Lipinski definition) is 1. The average molecular weight is 340 g/mol. The Bertz CT molecular complexity index is 816. The lowest BCUT2D eigenvalue weighted by molar-refractivity contribution is -0.113. The Labute approximate surface area is 144 Å². The Kier molecular flexibility index (Phi) is 4.86. The van der Waals surface area contributed by atoms with Gasteiger partial charge in [0.2, 0.25) is 0 Å². The van der Waals surface area contributed by atoms with Gasteiger partial charge in [0.1, 0.15) is 6.61 Å². The van der Waals surface area contributed by atoms with Gasteiger partial charge in [-0.05, 0) is 29.5 Å². The molecule has 1 aliphatic rings. The number of amidine groups is 1. The number of para-hydroxylation sites is 1. The number of methoxy groups -OCH3 is 1. The molecule has 0 spiro atoms. The third kappa shape index (κ3) is 3.60. The second kappa shape index (κ2) is 7.23. The maximum absolute atomic E-state index is 11.8. The number of amides is 1. The molecule has 5 nitrogen and oxygen atoms in total. The van der Waals surface area contributed by atoms with Crippen molar-refractivity contribution in [2.75, 3.05) is 7.11 Å². The van der Waals surface area contributed by atoms with Crippen molar-refractivity contribution in [2.24, 2.45) is 10.7 Å². The van der Waals surface area contributed by atoms with Crippen LogP contribution >= 0.6 is 11.8 Å². The van der Waals surface area contributed by atoms with Crippen LogP contribution in [0.3, 0.4) is 0 Å². The van der Waals surface area contributed by atoms with E-state index in [0.29, 0.717) is 23.0 Å². The fourth-order valence-corrected chi connectivity index (χ4v) is 2.93. The number of hydrogen-bond acceptors (Lipinski definition) is 5. The van der Waals surface area contributed by atoms with Crippen LogP contribution in [0, 0.1) is 0 Å². The van der Waals surface area contributed by atoms with Crippen LogP contribution in [0.15, 0.2) is 58.4 Å². The van der Waals surface area contributed by atoms with Crippen LogP contribution in [0.5, 0.6) is 11.5 Å². The number of aliphatic imine (C=N–C) groups is 1. The second-order valence-corrected chi connectivity index (χ2v) is 6.08. The molecule has 2 N–H and O–H groups in total. The van der Waals surface area contributed by atoms with Crippen LogP contribution in [-0.4, -0.2) is 18.2 Å². The number of nitrogens with zero attached hydrogens (tertiary/aromatic N) is 1. The van der Waals surface area contributed by atoms with Crippen LogP contribution in [0.25, 0.3) is 6.08 Å². The number of thioether (sulfide) groups is 1. The topological polar surface area (TPSA) is 73.9 Å². The van der Waals surface area contributed by atoms with Crippen molar-refractivity contribution >= 4 is 28.9 Å². The van der Waals surface area contributed by atoms with E-state index < -0.39 is 0 Å². The van der Waals surface area contributed by atoms with Gasteiger partial charge in [0.05, 0.1) is 12.0 Å². The number of carbonyl (C=O) groups excluding carboxylic acids is 1. The highest BCUT2D eigenvalue weighted by Gasteiger charge is 2.21. The summed E-state index contributed by atoms with van der Waals surface area (Å²) in [5, 5.41) is 0.251. The molecule has 0 saturated carbocycles. The summed E-state index contributed by atoms with van der Waals surface area (Å²) in [4.78, 5) is 16.0. The molecule has 0 radical (unpaired) electrons. The fourth-order valence-electron chi connectivity index (χ4n) is 2.26. The molecule has 0 bridgehead atoms. The fraction of sp³-hybridized carbons (Fsp3) is 0.111. The minimum Gasteiger partial charge on any atom is -0.493 e. The van der Waals surface area contributed by atoms with E-state index in [9.17, 15) is 4.79 Å². The van der Waals surface area contributed by atoms with E-state index in [1.807, 2.05) is 48.5 Å². The van der Waals surface area contributed by atoms with Gasteiger partial charge in [-0.25, -0.2) is 0 Å². The maximum Gasteiger partial charge on any atom is 0.286 e. The summed E-state index contributed by atoms with van der Waals surface area (Å²) >= 11 is 1.15. The molecule has 0 unspecified atom stereocenters. The maximum atomic E-state index is 11.8. The van der Waals surface area contributed by atoms with Crippen molar-refractivity contribution in [3.63, 3.8) is 0 Å². The third-order valence-electron chi connectivity index (χ3n) is 3.38. The van der Waals surface area contributed by atoms with E-state index >= 15 is 0 Å². The summed E-state index contributed by atoms with van der Waals surface area (Å²) in [5.41, 5.74) is 7.38. The van der Waals surface area contributed by atoms with Gasteiger partial charge >= 0.3 is 0 Å². The van der Waals surface area contributed by atoms with Crippen molar-refractivity contribution in [3.05, 3.63) is 64.6 Å². The summed E-state index contributed by atoms with van der Waals surface area (Å²) in [5.74, 6) is 0.842. The highest BCUT2D eigenvalue weighted by molar-refractivity contribution is 8.18. The van der Waals surface area contributed by atoms with Crippen molar-refractivity contribution < 1.29 is 14.3 Å². The number of rotatable bonds is 5. The molecule has 24 heavy (non-hydrogen) atoms. The Morgan fingerprint density at radius 3 is 2.62 bits per heavy atom. The molecule has 3 rings (SSSR count). The van der Waals surface area contributed by atoms with E-state index in [1.165, 1.54) is 0 Å². The van der Waals surface area contributed by atoms with Gasteiger partial charge in [0.25, 0.3) is 5.91 Å². The zero-order valence-corrected chi connectivity index (χ0v) is 13.9. The highest BCUT2D eigenvalue weighted by Crippen LogP contribution is 2.35. The molecule has 0 aromatic heterocycles. The molecular weight excluding hydrogens is 324 g/mol. The lowest BCUT2D eigenvalue weighted by atomic mass is 10.1. The summed E-state index contributed by atoms with van der Waals surface area (Å²) in [7, 11) is 1.58. The zero-order chi connectivity index (χ0) is 16.9. The van der Waals surface area contributed by atoms with E-state index in [4.69, 9.17) is 15.2 Å². The Balaban J connectivity index is 1.89. The van der Waals surface area contributed by atoms with Crippen molar-refractivity contribution in [2.45, 2.75) is 6.61 Å². The Morgan fingerprint density at radius 2 is 1.96 bits per heavy atom. The first-order valence-corrected chi connectivity index (χ1v) is 8.11. The second-order valence-electron chi connectivity index (χ2n) is 5.02. The SMILES string of the molecule is COc1cccc(/C=C2\SC(N)=NC2=O)c1OCc1ccccc1. The minimum absolute atomic E-state index is 0.251. The molecule has 2 aromatic rings. The van der Waals surface area contributed by atoms with Gasteiger partial charge in [-0.3, -0.25) is 4.79 Å². The largest absolute Gasteiger partial charge is 0.493 e. The average Bonchev–Trinajstić information content (AvgIpc) is 2.91. The summed E-state index contributed by atoms with van der Waals surface area (Å²) in [6.07, 6.45) is 1.72. The van der Waals surface area contributed by atoms with E-state index in [0.717, 1.165) is 22.9 Å². The minimum atomic E-state index is -0.339. The summed E-state index contributed by atoms with van der Waals surface area (Å²) in [6, 6.07) is 15.4. The van der Waals surface area contributed by atoms with Gasteiger partial charge in [0.15, 0.2) is 16.7 Å². The predicted molar refractivity (Wildman–Crippen MR) is 96.0 cm³/mol. The quantitative estimate of drug-likeness (QED) is 0.846. The van der Waals surface area contributed by atoms with Gasteiger partial charge in [-0.1, -0.05) is 42.5 Å². The number of ether oxygens (including phenoxy) is 2. The predicted octanol–water partition coefficient (Wildman–Crippen LogP) is 3.20. The molecule has 6 heteroatoms. The zero-order valence-electron chi connectivity index (χ0n) is 13.1.